The second-order valence-corrected chi connectivity index (χ2v) is 6.57. The van der Waals surface area contributed by atoms with Crippen LogP contribution in [0, 0.1) is 0 Å². The Morgan fingerprint density at radius 3 is 2.40 bits per heavy atom. The first kappa shape index (κ1) is 15.4. The molecule has 0 amide bonds. The first-order chi connectivity index (χ1) is 11.9. The second kappa shape index (κ2) is 5.48. The fourth-order valence-electron chi connectivity index (χ4n) is 2.96. The lowest BCUT2D eigenvalue weighted by Crippen LogP contribution is -2.20. The van der Waals surface area contributed by atoms with E-state index < -0.39 is 0 Å². The molecule has 0 saturated heterocycles. The van der Waals surface area contributed by atoms with Crippen molar-refractivity contribution in [3.63, 3.8) is 0 Å². The van der Waals surface area contributed by atoms with E-state index in [4.69, 9.17) is 8.83 Å². The molecule has 0 fully saturated rings. The van der Waals surface area contributed by atoms with Gasteiger partial charge in [-0.1, -0.05) is 0 Å². The monoisotopic (exact) mass is 335 g/mol. The highest BCUT2D eigenvalue weighted by atomic mass is 16.4. The molecule has 0 saturated carbocycles. The summed E-state index contributed by atoms with van der Waals surface area (Å²) >= 11 is 0. The fourth-order valence-corrected chi connectivity index (χ4v) is 2.96. The SMILES string of the molecule is CN(C)c1ccc2cc3c(=O)oc4cc(=[N+](C)C)ccc4c3oc2c1. The zero-order valence-electron chi connectivity index (χ0n) is 14.7. The smallest absolute Gasteiger partial charge is 0.347 e. The maximum atomic E-state index is 12.4. The Hall–Kier alpha value is -3.08. The van der Waals surface area contributed by atoms with Crippen molar-refractivity contribution in [2.75, 3.05) is 33.1 Å². The van der Waals surface area contributed by atoms with Crippen LogP contribution >= 0.6 is 0 Å². The summed E-state index contributed by atoms with van der Waals surface area (Å²) in [6.45, 7) is 0. The molecule has 25 heavy (non-hydrogen) atoms. The van der Waals surface area contributed by atoms with Gasteiger partial charge in [-0.25, -0.2) is 9.37 Å². The molecule has 0 aliphatic rings. The van der Waals surface area contributed by atoms with Crippen LogP contribution in [0.3, 0.4) is 0 Å². The molecule has 0 unspecified atom stereocenters. The third-order valence-electron chi connectivity index (χ3n) is 4.42. The number of fused-ring (bicyclic) bond motifs is 4. The predicted molar refractivity (Wildman–Crippen MR) is 101 cm³/mol. The summed E-state index contributed by atoms with van der Waals surface area (Å²) in [6, 6.07) is 13.5. The maximum Gasteiger partial charge on any atom is 0.347 e. The van der Waals surface area contributed by atoms with Gasteiger partial charge < -0.3 is 13.7 Å². The van der Waals surface area contributed by atoms with E-state index in [-0.39, 0.29) is 5.63 Å². The molecule has 0 aliphatic carbocycles. The number of hydrogen-bond donors (Lipinski definition) is 0. The highest BCUT2D eigenvalue weighted by Crippen LogP contribution is 2.28. The Labute approximate surface area is 144 Å². The average molecular weight is 335 g/mol. The van der Waals surface area contributed by atoms with E-state index in [1.165, 1.54) is 0 Å². The Morgan fingerprint density at radius 1 is 0.880 bits per heavy atom. The molecule has 5 heteroatoms. The van der Waals surface area contributed by atoms with E-state index in [0.29, 0.717) is 16.6 Å². The molecule has 0 radical (unpaired) electrons. The average Bonchev–Trinajstić information content (AvgIpc) is 2.59. The van der Waals surface area contributed by atoms with Crippen LogP contribution in [0.25, 0.3) is 32.9 Å². The molecule has 4 aromatic rings. The standard InChI is InChI=1S/C20H19N2O3/c1-21(2)13-6-5-12-9-16-19(24-17(12)10-13)15-8-7-14(22(3)4)11-18(15)25-20(16)23/h5-11H,1-4H3/q+1. The van der Waals surface area contributed by atoms with Crippen molar-refractivity contribution < 1.29 is 8.83 Å². The third-order valence-corrected chi connectivity index (χ3v) is 4.42. The van der Waals surface area contributed by atoms with Crippen molar-refractivity contribution in [3.8, 4) is 0 Å². The number of nitrogens with zero attached hydrogens (tertiary/aromatic N) is 2. The van der Waals surface area contributed by atoms with Crippen molar-refractivity contribution in [3.05, 3.63) is 58.2 Å². The molecule has 0 bridgehead atoms. The maximum absolute atomic E-state index is 12.4. The van der Waals surface area contributed by atoms with Gasteiger partial charge in [0.1, 0.15) is 30.6 Å². The number of benzene rings is 2. The van der Waals surface area contributed by atoms with Crippen molar-refractivity contribution in [2.45, 2.75) is 0 Å². The Balaban J connectivity index is 2.15. The predicted octanol–water partition coefficient (Wildman–Crippen LogP) is 2.79. The van der Waals surface area contributed by atoms with E-state index in [1.54, 1.807) is 0 Å². The highest BCUT2D eigenvalue weighted by molar-refractivity contribution is 6.03. The van der Waals surface area contributed by atoms with E-state index >= 15 is 0 Å². The zero-order valence-corrected chi connectivity index (χ0v) is 14.7. The summed E-state index contributed by atoms with van der Waals surface area (Å²) in [5.74, 6) is 0. The minimum Gasteiger partial charge on any atom is -0.455 e. The summed E-state index contributed by atoms with van der Waals surface area (Å²) in [7, 11) is 7.85. The fraction of sp³-hybridized carbons (Fsp3) is 0.200. The van der Waals surface area contributed by atoms with Gasteiger partial charge in [-0.2, -0.15) is 0 Å². The summed E-state index contributed by atoms with van der Waals surface area (Å²) < 4.78 is 13.6. The van der Waals surface area contributed by atoms with Crippen molar-refractivity contribution in [1.82, 2.24) is 4.58 Å². The normalized spacial score (nSPS) is 11.4. The van der Waals surface area contributed by atoms with Gasteiger partial charge in [-0.05, 0) is 24.3 Å². The molecule has 5 nitrogen and oxygen atoms in total. The van der Waals surface area contributed by atoms with Crippen molar-refractivity contribution >= 4 is 38.6 Å². The van der Waals surface area contributed by atoms with Gasteiger partial charge in [-0.15, -0.1) is 0 Å². The van der Waals surface area contributed by atoms with Gasteiger partial charge in [0.05, 0.1) is 11.5 Å². The number of anilines is 1. The van der Waals surface area contributed by atoms with Crippen LogP contribution in [0.4, 0.5) is 5.69 Å². The number of rotatable bonds is 1. The summed E-state index contributed by atoms with van der Waals surface area (Å²) in [6.07, 6.45) is 0. The van der Waals surface area contributed by atoms with Gasteiger partial charge in [0.25, 0.3) is 0 Å². The van der Waals surface area contributed by atoms with Crippen LogP contribution in [-0.4, -0.2) is 28.2 Å². The molecule has 0 atom stereocenters. The van der Waals surface area contributed by atoms with Crippen molar-refractivity contribution in [2.24, 2.45) is 0 Å². The molecule has 4 rings (SSSR count). The van der Waals surface area contributed by atoms with Crippen LogP contribution < -0.4 is 20.5 Å². The Morgan fingerprint density at radius 2 is 1.68 bits per heavy atom. The Bertz CT molecular complexity index is 1260. The molecular weight excluding hydrogens is 316 g/mol. The van der Waals surface area contributed by atoms with E-state index in [9.17, 15) is 4.79 Å². The topological polar surface area (TPSA) is 49.6 Å². The second-order valence-electron chi connectivity index (χ2n) is 6.57. The molecule has 2 aromatic heterocycles. The van der Waals surface area contributed by atoms with Crippen molar-refractivity contribution in [1.29, 1.82) is 0 Å². The van der Waals surface area contributed by atoms with Gasteiger partial charge in [-0.3, -0.25) is 0 Å². The van der Waals surface area contributed by atoms with Crippen LogP contribution in [0.15, 0.2) is 56.1 Å². The lowest BCUT2D eigenvalue weighted by atomic mass is 10.1. The van der Waals surface area contributed by atoms with Gasteiger partial charge in [0.2, 0.25) is 5.36 Å². The molecule has 2 heterocycles. The minimum absolute atomic E-state index is 0.388. The van der Waals surface area contributed by atoms with Crippen LogP contribution in [-0.2, 0) is 0 Å². The summed E-state index contributed by atoms with van der Waals surface area (Å²) in [5, 5.41) is 3.08. The minimum atomic E-state index is -0.388. The van der Waals surface area contributed by atoms with Crippen LogP contribution in [0.1, 0.15) is 0 Å². The first-order valence-corrected chi connectivity index (χ1v) is 8.06. The third kappa shape index (κ3) is 2.48. The zero-order chi connectivity index (χ0) is 17.7. The lowest BCUT2D eigenvalue weighted by molar-refractivity contribution is 0.563. The largest absolute Gasteiger partial charge is 0.455 e. The van der Waals surface area contributed by atoms with Crippen LogP contribution in [0.5, 0.6) is 0 Å². The van der Waals surface area contributed by atoms with Gasteiger partial charge in [0, 0.05) is 37.3 Å². The van der Waals surface area contributed by atoms with Gasteiger partial charge in [0.15, 0.2) is 5.58 Å². The lowest BCUT2D eigenvalue weighted by Gasteiger charge is -2.13. The molecule has 0 spiro atoms. The van der Waals surface area contributed by atoms with Gasteiger partial charge >= 0.3 is 5.63 Å². The molecular formula is C20H19N2O3+. The summed E-state index contributed by atoms with van der Waals surface area (Å²) in [5.41, 5.74) is 2.47. The number of hydrogen-bond acceptors (Lipinski definition) is 4. The molecule has 126 valence electrons. The summed E-state index contributed by atoms with van der Waals surface area (Å²) in [4.78, 5) is 14.5. The van der Waals surface area contributed by atoms with E-state index in [2.05, 4.69) is 0 Å². The molecule has 2 aromatic carbocycles. The van der Waals surface area contributed by atoms with Crippen LogP contribution in [0.2, 0.25) is 0 Å². The van der Waals surface area contributed by atoms with E-state index in [0.717, 1.165) is 27.4 Å². The molecule has 0 N–H and O–H groups in total. The molecule has 0 aliphatic heterocycles. The highest BCUT2D eigenvalue weighted by Gasteiger charge is 2.13. The quantitative estimate of drug-likeness (QED) is 0.232. The first-order valence-electron chi connectivity index (χ1n) is 8.06. The van der Waals surface area contributed by atoms with E-state index in [1.807, 2.05) is 80.1 Å². The Kier molecular flexibility index (Phi) is 3.39.